The van der Waals surface area contributed by atoms with Gasteiger partial charge in [-0.15, -0.1) is 0 Å². The standard InChI is InChI=1S/C20H24N2/c1-13-10-17-11-15-4-2-3-5-16(15)12-19(17)20(22-13)14-6-8-18(21)9-7-14/h6-9,11-13,20,22H,2-5,10,21H2,1H3. The molecule has 1 heterocycles. The molecule has 0 radical (unpaired) electrons. The number of fused-ring (bicyclic) bond motifs is 2. The minimum absolute atomic E-state index is 0.298. The first kappa shape index (κ1) is 13.8. The van der Waals surface area contributed by atoms with Crippen molar-refractivity contribution in [2.45, 2.75) is 51.1 Å². The molecule has 1 aliphatic heterocycles. The van der Waals surface area contributed by atoms with E-state index in [-0.39, 0.29) is 0 Å². The minimum atomic E-state index is 0.298. The molecular formula is C20H24N2. The van der Waals surface area contributed by atoms with Crippen LogP contribution in [0.2, 0.25) is 0 Å². The van der Waals surface area contributed by atoms with Gasteiger partial charge in [-0.2, -0.15) is 0 Å². The Morgan fingerprint density at radius 3 is 2.36 bits per heavy atom. The Labute approximate surface area is 132 Å². The average molecular weight is 292 g/mol. The Bertz CT molecular complexity index is 688. The van der Waals surface area contributed by atoms with Gasteiger partial charge in [0.1, 0.15) is 0 Å². The second-order valence-electron chi connectivity index (χ2n) is 6.90. The highest BCUT2D eigenvalue weighted by atomic mass is 15.0. The zero-order valence-corrected chi connectivity index (χ0v) is 13.2. The maximum atomic E-state index is 5.85. The van der Waals surface area contributed by atoms with E-state index in [0.717, 1.165) is 12.1 Å². The number of rotatable bonds is 1. The van der Waals surface area contributed by atoms with Gasteiger partial charge in [-0.05, 0) is 79.0 Å². The molecule has 0 saturated carbocycles. The Kier molecular flexibility index (Phi) is 3.42. The minimum Gasteiger partial charge on any atom is -0.399 e. The summed E-state index contributed by atoms with van der Waals surface area (Å²) in [5.74, 6) is 0. The number of nitrogens with one attached hydrogen (secondary N) is 1. The molecule has 2 aromatic carbocycles. The second-order valence-corrected chi connectivity index (χ2v) is 6.90. The maximum absolute atomic E-state index is 5.85. The van der Waals surface area contributed by atoms with Gasteiger partial charge in [0, 0.05) is 11.7 Å². The van der Waals surface area contributed by atoms with E-state index in [2.05, 4.69) is 36.5 Å². The summed E-state index contributed by atoms with van der Waals surface area (Å²) in [6, 6.07) is 14.1. The van der Waals surface area contributed by atoms with Gasteiger partial charge >= 0.3 is 0 Å². The fraction of sp³-hybridized carbons (Fsp3) is 0.400. The zero-order valence-electron chi connectivity index (χ0n) is 13.2. The highest BCUT2D eigenvalue weighted by Crippen LogP contribution is 2.35. The van der Waals surface area contributed by atoms with Crippen LogP contribution in [0.1, 0.15) is 53.6 Å². The van der Waals surface area contributed by atoms with Crippen molar-refractivity contribution >= 4 is 5.69 Å². The molecule has 4 rings (SSSR count). The van der Waals surface area contributed by atoms with E-state index in [4.69, 9.17) is 5.73 Å². The molecule has 0 aromatic heterocycles. The van der Waals surface area contributed by atoms with Crippen LogP contribution in [0.15, 0.2) is 36.4 Å². The summed E-state index contributed by atoms with van der Waals surface area (Å²) < 4.78 is 0. The second kappa shape index (κ2) is 5.44. The van der Waals surface area contributed by atoms with E-state index in [1.54, 1.807) is 11.1 Å². The van der Waals surface area contributed by atoms with Crippen molar-refractivity contribution in [2.24, 2.45) is 0 Å². The fourth-order valence-corrected chi connectivity index (χ4v) is 4.03. The largest absolute Gasteiger partial charge is 0.399 e. The number of anilines is 1. The number of hydrogen-bond donors (Lipinski definition) is 2. The van der Waals surface area contributed by atoms with E-state index in [1.165, 1.54) is 42.4 Å². The summed E-state index contributed by atoms with van der Waals surface area (Å²) >= 11 is 0. The Balaban J connectivity index is 1.80. The molecule has 2 heteroatoms. The topological polar surface area (TPSA) is 38.0 Å². The van der Waals surface area contributed by atoms with E-state index in [0.29, 0.717) is 12.1 Å². The lowest BCUT2D eigenvalue weighted by molar-refractivity contribution is 0.463. The lowest BCUT2D eigenvalue weighted by Gasteiger charge is -2.34. The van der Waals surface area contributed by atoms with Crippen molar-refractivity contribution in [3.63, 3.8) is 0 Å². The third kappa shape index (κ3) is 2.42. The number of aryl methyl sites for hydroxylation is 2. The van der Waals surface area contributed by atoms with Gasteiger partial charge in [-0.25, -0.2) is 0 Å². The van der Waals surface area contributed by atoms with Gasteiger partial charge in [0.05, 0.1) is 6.04 Å². The normalized spacial score (nSPS) is 23.7. The summed E-state index contributed by atoms with van der Waals surface area (Å²) in [5.41, 5.74) is 14.2. The number of benzene rings is 2. The number of nitrogen functional groups attached to an aromatic ring is 1. The van der Waals surface area contributed by atoms with Gasteiger partial charge in [0.25, 0.3) is 0 Å². The van der Waals surface area contributed by atoms with E-state index < -0.39 is 0 Å². The molecule has 0 spiro atoms. The van der Waals surface area contributed by atoms with Crippen LogP contribution in [0.25, 0.3) is 0 Å². The highest BCUT2D eigenvalue weighted by molar-refractivity contribution is 5.48. The Morgan fingerprint density at radius 1 is 0.955 bits per heavy atom. The molecule has 2 unspecified atom stereocenters. The zero-order chi connectivity index (χ0) is 15.1. The monoisotopic (exact) mass is 292 g/mol. The maximum Gasteiger partial charge on any atom is 0.0581 e. The average Bonchev–Trinajstić information content (AvgIpc) is 2.53. The van der Waals surface area contributed by atoms with Crippen LogP contribution >= 0.6 is 0 Å². The summed E-state index contributed by atoms with van der Waals surface area (Å²) in [5, 5.41) is 3.77. The molecule has 0 bridgehead atoms. The van der Waals surface area contributed by atoms with Gasteiger partial charge in [-0.1, -0.05) is 24.3 Å². The van der Waals surface area contributed by atoms with Crippen molar-refractivity contribution in [2.75, 3.05) is 5.73 Å². The predicted molar refractivity (Wildman–Crippen MR) is 92.1 cm³/mol. The molecule has 0 saturated heterocycles. The summed E-state index contributed by atoms with van der Waals surface area (Å²) in [6.45, 7) is 2.28. The van der Waals surface area contributed by atoms with Crippen molar-refractivity contribution in [1.82, 2.24) is 5.32 Å². The van der Waals surface area contributed by atoms with E-state index in [1.807, 2.05) is 12.1 Å². The van der Waals surface area contributed by atoms with E-state index in [9.17, 15) is 0 Å². The first-order chi connectivity index (χ1) is 10.7. The smallest absolute Gasteiger partial charge is 0.0581 e. The molecule has 1 aliphatic carbocycles. The lowest BCUT2D eigenvalue weighted by atomic mass is 9.81. The highest BCUT2D eigenvalue weighted by Gasteiger charge is 2.27. The van der Waals surface area contributed by atoms with Crippen molar-refractivity contribution in [3.05, 3.63) is 64.2 Å². The molecule has 2 nitrogen and oxygen atoms in total. The lowest BCUT2D eigenvalue weighted by Crippen LogP contribution is -2.38. The van der Waals surface area contributed by atoms with Gasteiger partial charge in [-0.3, -0.25) is 0 Å². The summed E-state index contributed by atoms with van der Waals surface area (Å²) in [6.07, 6.45) is 6.32. The fourth-order valence-electron chi connectivity index (χ4n) is 4.03. The number of nitrogens with two attached hydrogens (primary N) is 1. The van der Waals surface area contributed by atoms with Crippen LogP contribution in [0.5, 0.6) is 0 Å². The molecule has 0 amide bonds. The Hall–Kier alpha value is -1.80. The molecule has 2 aliphatic rings. The predicted octanol–water partition coefficient (Wildman–Crippen LogP) is 3.77. The van der Waals surface area contributed by atoms with Gasteiger partial charge in [0.15, 0.2) is 0 Å². The number of hydrogen-bond acceptors (Lipinski definition) is 2. The van der Waals surface area contributed by atoms with Crippen LogP contribution < -0.4 is 11.1 Å². The third-order valence-electron chi connectivity index (χ3n) is 5.16. The van der Waals surface area contributed by atoms with E-state index >= 15 is 0 Å². The van der Waals surface area contributed by atoms with Crippen LogP contribution in [0.3, 0.4) is 0 Å². The Morgan fingerprint density at radius 2 is 1.64 bits per heavy atom. The first-order valence-corrected chi connectivity index (χ1v) is 8.47. The van der Waals surface area contributed by atoms with Gasteiger partial charge < -0.3 is 11.1 Å². The summed E-state index contributed by atoms with van der Waals surface area (Å²) in [4.78, 5) is 0. The molecule has 2 atom stereocenters. The van der Waals surface area contributed by atoms with Crippen molar-refractivity contribution < 1.29 is 0 Å². The molecule has 22 heavy (non-hydrogen) atoms. The van der Waals surface area contributed by atoms with Gasteiger partial charge in [0.2, 0.25) is 0 Å². The van der Waals surface area contributed by atoms with Crippen LogP contribution in [0.4, 0.5) is 5.69 Å². The first-order valence-electron chi connectivity index (χ1n) is 8.47. The van der Waals surface area contributed by atoms with Crippen LogP contribution in [0, 0.1) is 0 Å². The quantitative estimate of drug-likeness (QED) is 0.785. The molecule has 3 N–H and O–H groups in total. The molecule has 0 fully saturated rings. The molecule has 114 valence electrons. The molecule has 2 aromatic rings. The van der Waals surface area contributed by atoms with Crippen molar-refractivity contribution in [1.29, 1.82) is 0 Å². The summed E-state index contributed by atoms with van der Waals surface area (Å²) in [7, 11) is 0. The third-order valence-corrected chi connectivity index (χ3v) is 5.16. The SMILES string of the molecule is CC1Cc2cc3c(cc2C(c2ccc(N)cc2)N1)CCCC3. The van der Waals surface area contributed by atoms with Crippen LogP contribution in [-0.4, -0.2) is 6.04 Å². The molecular weight excluding hydrogens is 268 g/mol. The van der Waals surface area contributed by atoms with Crippen LogP contribution in [-0.2, 0) is 19.3 Å². The van der Waals surface area contributed by atoms with Crippen molar-refractivity contribution in [3.8, 4) is 0 Å².